The van der Waals surface area contributed by atoms with Crippen LogP contribution in [0.5, 0.6) is 0 Å². The molecule has 0 bridgehead atoms. The number of hydrogen-bond donors (Lipinski definition) is 2. The Hall–Kier alpha value is -1.50. The first kappa shape index (κ1) is 22.5. The number of halogens is 2. The van der Waals surface area contributed by atoms with Crippen molar-refractivity contribution < 1.29 is 9.59 Å². The van der Waals surface area contributed by atoms with Gasteiger partial charge in [-0.1, -0.05) is 18.2 Å². The summed E-state index contributed by atoms with van der Waals surface area (Å²) in [4.78, 5) is 27.7. The zero-order valence-electron chi connectivity index (χ0n) is 13.8. The lowest BCUT2D eigenvalue weighted by Gasteiger charge is -2.36. The van der Waals surface area contributed by atoms with Crippen LogP contribution in [0.25, 0.3) is 0 Å². The number of nitrogens with two attached hydrogens (primary N) is 1. The summed E-state index contributed by atoms with van der Waals surface area (Å²) >= 11 is 0. The summed E-state index contributed by atoms with van der Waals surface area (Å²) in [7, 11) is 0. The molecule has 1 aliphatic heterocycles. The van der Waals surface area contributed by atoms with Gasteiger partial charge in [0.25, 0.3) is 0 Å². The van der Waals surface area contributed by atoms with Crippen LogP contribution in [0.4, 0.5) is 5.69 Å². The molecule has 8 heteroatoms. The highest BCUT2D eigenvalue weighted by Crippen LogP contribution is 2.15. The van der Waals surface area contributed by atoms with Gasteiger partial charge in [0.15, 0.2) is 0 Å². The molecular weight excluding hydrogens is 351 g/mol. The van der Waals surface area contributed by atoms with Gasteiger partial charge in [0.1, 0.15) is 0 Å². The lowest BCUT2D eigenvalue weighted by Crippen LogP contribution is -2.51. The molecule has 0 spiro atoms. The van der Waals surface area contributed by atoms with Crippen LogP contribution < -0.4 is 16.0 Å². The number of anilines is 1. The molecule has 1 unspecified atom stereocenters. The zero-order valence-corrected chi connectivity index (χ0v) is 15.4. The van der Waals surface area contributed by atoms with E-state index in [-0.39, 0.29) is 55.6 Å². The number of carbonyl (C=O) groups is 2. The van der Waals surface area contributed by atoms with Crippen molar-refractivity contribution in [2.24, 2.45) is 5.73 Å². The molecule has 1 aromatic rings. The number of rotatable bonds is 5. The third-order valence-electron chi connectivity index (χ3n) is 3.70. The molecule has 0 aliphatic carbocycles. The summed E-state index contributed by atoms with van der Waals surface area (Å²) < 4.78 is 0. The topological polar surface area (TPSA) is 78.7 Å². The van der Waals surface area contributed by atoms with Crippen LogP contribution in [0, 0.1) is 0 Å². The van der Waals surface area contributed by atoms with E-state index < -0.39 is 0 Å². The average molecular weight is 377 g/mol. The van der Waals surface area contributed by atoms with Gasteiger partial charge in [-0.3, -0.25) is 9.59 Å². The second-order valence-electron chi connectivity index (χ2n) is 5.66. The average Bonchev–Trinajstić information content (AvgIpc) is 2.53. The van der Waals surface area contributed by atoms with Gasteiger partial charge >= 0.3 is 0 Å². The molecule has 0 radical (unpaired) electrons. The summed E-state index contributed by atoms with van der Waals surface area (Å²) in [6, 6.07) is 9.98. The fourth-order valence-electron chi connectivity index (χ4n) is 2.50. The van der Waals surface area contributed by atoms with Crippen molar-refractivity contribution in [1.82, 2.24) is 10.2 Å². The largest absolute Gasteiger partial charge is 0.368 e. The second kappa shape index (κ2) is 11.1. The standard InChI is InChI=1S/C16H24N4O2.2ClH/c1-13(17)11-15(21)18-12-16(22)20-9-7-19(8-10-20)14-5-3-2-4-6-14;;/h2-6,13H,7-12,17H2,1H3,(H,18,21);2*1H. The van der Waals surface area contributed by atoms with Crippen molar-refractivity contribution in [1.29, 1.82) is 0 Å². The van der Waals surface area contributed by atoms with Crippen LogP contribution in [-0.2, 0) is 9.59 Å². The Labute approximate surface area is 155 Å². The van der Waals surface area contributed by atoms with E-state index in [1.54, 1.807) is 11.8 Å². The lowest BCUT2D eigenvalue weighted by atomic mass is 10.2. The molecular formula is C16H26Cl2N4O2. The summed E-state index contributed by atoms with van der Waals surface area (Å²) in [5.74, 6) is -0.211. The highest BCUT2D eigenvalue weighted by atomic mass is 35.5. The molecule has 1 heterocycles. The molecule has 2 amide bonds. The predicted octanol–water partition coefficient (Wildman–Crippen LogP) is 1.03. The van der Waals surface area contributed by atoms with E-state index in [1.807, 2.05) is 18.2 Å². The third-order valence-corrected chi connectivity index (χ3v) is 3.70. The molecule has 1 fully saturated rings. The van der Waals surface area contributed by atoms with Gasteiger partial charge in [-0.15, -0.1) is 24.8 Å². The van der Waals surface area contributed by atoms with E-state index in [9.17, 15) is 9.59 Å². The fourth-order valence-corrected chi connectivity index (χ4v) is 2.50. The van der Waals surface area contributed by atoms with Crippen molar-refractivity contribution >= 4 is 42.3 Å². The molecule has 1 atom stereocenters. The number of nitrogens with one attached hydrogen (secondary N) is 1. The summed E-state index contributed by atoms with van der Waals surface area (Å²) in [5.41, 5.74) is 6.73. The Kier molecular flexibility index (Phi) is 10.4. The molecule has 2 rings (SSSR count). The maximum Gasteiger partial charge on any atom is 0.242 e. The highest BCUT2D eigenvalue weighted by Gasteiger charge is 2.21. The van der Waals surface area contributed by atoms with Gasteiger partial charge in [0.2, 0.25) is 11.8 Å². The van der Waals surface area contributed by atoms with Crippen LogP contribution in [0.2, 0.25) is 0 Å². The number of piperazine rings is 1. The van der Waals surface area contributed by atoms with Gasteiger partial charge < -0.3 is 20.9 Å². The minimum atomic E-state index is -0.190. The Bertz CT molecular complexity index is 506. The molecule has 6 nitrogen and oxygen atoms in total. The van der Waals surface area contributed by atoms with E-state index >= 15 is 0 Å². The maximum atomic E-state index is 12.1. The van der Waals surface area contributed by atoms with E-state index in [2.05, 4.69) is 22.3 Å². The molecule has 24 heavy (non-hydrogen) atoms. The Balaban J connectivity index is 0.00000264. The summed E-state index contributed by atoms with van der Waals surface area (Å²) in [5, 5.41) is 2.63. The van der Waals surface area contributed by atoms with E-state index in [0.717, 1.165) is 13.1 Å². The first-order valence-electron chi connectivity index (χ1n) is 7.66. The molecule has 0 saturated carbocycles. The lowest BCUT2D eigenvalue weighted by molar-refractivity contribution is -0.133. The normalized spacial score (nSPS) is 14.9. The van der Waals surface area contributed by atoms with Crippen molar-refractivity contribution in [3.63, 3.8) is 0 Å². The van der Waals surface area contributed by atoms with Crippen LogP contribution in [0.1, 0.15) is 13.3 Å². The maximum absolute atomic E-state index is 12.1. The van der Waals surface area contributed by atoms with Crippen LogP contribution in [0.3, 0.4) is 0 Å². The van der Waals surface area contributed by atoms with Gasteiger partial charge in [0.05, 0.1) is 6.54 Å². The van der Waals surface area contributed by atoms with Gasteiger partial charge in [-0.05, 0) is 19.1 Å². The van der Waals surface area contributed by atoms with Crippen LogP contribution in [-0.4, -0.2) is 55.5 Å². The van der Waals surface area contributed by atoms with Crippen molar-refractivity contribution in [3.8, 4) is 0 Å². The monoisotopic (exact) mass is 376 g/mol. The molecule has 0 aromatic heterocycles. The van der Waals surface area contributed by atoms with Crippen molar-refractivity contribution in [2.45, 2.75) is 19.4 Å². The molecule has 1 aromatic carbocycles. The number of nitrogens with zero attached hydrogens (tertiary/aromatic N) is 2. The first-order valence-corrected chi connectivity index (χ1v) is 7.66. The highest BCUT2D eigenvalue weighted by molar-refractivity contribution is 5.86. The van der Waals surface area contributed by atoms with Crippen molar-refractivity contribution in [2.75, 3.05) is 37.6 Å². The number of para-hydroxylation sites is 1. The fraction of sp³-hybridized carbons (Fsp3) is 0.500. The number of carbonyl (C=O) groups excluding carboxylic acids is 2. The summed E-state index contributed by atoms with van der Waals surface area (Å²) in [6.07, 6.45) is 0.245. The third kappa shape index (κ3) is 6.95. The van der Waals surface area contributed by atoms with Gasteiger partial charge in [-0.25, -0.2) is 0 Å². The Morgan fingerprint density at radius 1 is 1.12 bits per heavy atom. The minimum Gasteiger partial charge on any atom is -0.368 e. The minimum absolute atomic E-state index is 0. The predicted molar refractivity (Wildman–Crippen MR) is 101 cm³/mol. The summed E-state index contributed by atoms with van der Waals surface area (Å²) in [6.45, 7) is 4.79. The number of benzene rings is 1. The van der Waals surface area contributed by atoms with Crippen LogP contribution in [0.15, 0.2) is 30.3 Å². The van der Waals surface area contributed by atoms with E-state index in [0.29, 0.717) is 13.1 Å². The van der Waals surface area contributed by atoms with E-state index in [1.165, 1.54) is 5.69 Å². The number of hydrogen-bond acceptors (Lipinski definition) is 4. The van der Waals surface area contributed by atoms with Gasteiger partial charge in [0, 0.05) is 44.3 Å². The quantitative estimate of drug-likeness (QED) is 0.804. The SMILES string of the molecule is CC(N)CC(=O)NCC(=O)N1CCN(c2ccccc2)CC1.Cl.Cl. The molecule has 3 N–H and O–H groups in total. The van der Waals surface area contributed by atoms with Gasteiger partial charge in [-0.2, -0.15) is 0 Å². The van der Waals surface area contributed by atoms with Crippen molar-refractivity contribution in [3.05, 3.63) is 30.3 Å². The smallest absolute Gasteiger partial charge is 0.242 e. The molecule has 136 valence electrons. The first-order chi connectivity index (χ1) is 10.6. The zero-order chi connectivity index (χ0) is 15.9. The molecule has 1 saturated heterocycles. The second-order valence-corrected chi connectivity index (χ2v) is 5.66. The van der Waals surface area contributed by atoms with E-state index in [4.69, 9.17) is 5.73 Å². The Morgan fingerprint density at radius 3 is 2.25 bits per heavy atom. The van der Waals surface area contributed by atoms with Crippen LogP contribution >= 0.6 is 24.8 Å². The number of amides is 2. The Morgan fingerprint density at radius 2 is 1.71 bits per heavy atom. The molecule has 1 aliphatic rings.